The molecule has 0 aromatic heterocycles. The van der Waals surface area contributed by atoms with Crippen LogP contribution in [0.15, 0.2) is 35.0 Å². The van der Waals surface area contributed by atoms with Crippen LogP contribution in [0.25, 0.3) is 6.08 Å². The van der Waals surface area contributed by atoms with E-state index >= 15 is 0 Å². The van der Waals surface area contributed by atoms with Crippen LogP contribution in [-0.4, -0.2) is 38.0 Å². The van der Waals surface area contributed by atoms with E-state index in [-0.39, 0.29) is 5.97 Å². The Balaban J connectivity index is 1.78. The van der Waals surface area contributed by atoms with E-state index in [0.29, 0.717) is 11.3 Å². The van der Waals surface area contributed by atoms with E-state index < -0.39 is 0 Å². The molecule has 2 aliphatic heterocycles. The topological polar surface area (TPSA) is 51.1 Å². The summed E-state index contributed by atoms with van der Waals surface area (Å²) in [6.45, 7) is 5.14. The van der Waals surface area contributed by atoms with Gasteiger partial charge in [-0.1, -0.05) is 17.3 Å². The van der Waals surface area contributed by atoms with Crippen molar-refractivity contribution in [2.75, 3.05) is 31.2 Å². The van der Waals surface area contributed by atoms with E-state index in [1.807, 2.05) is 12.1 Å². The maximum absolute atomic E-state index is 11.5. The fourth-order valence-electron chi connectivity index (χ4n) is 2.29. The van der Waals surface area contributed by atoms with Crippen LogP contribution in [0, 0.1) is 0 Å². The molecule has 3 rings (SSSR count). The molecule has 1 aromatic rings. The molecule has 5 nitrogen and oxygen atoms in total. The third kappa shape index (κ3) is 2.58. The summed E-state index contributed by atoms with van der Waals surface area (Å²) in [6, 6.07) is 8.11. The van der Waals surface area contributed by atoms with Crippen LogP contribution in [0.4, 0.5) is 5.69 Å². The first-order valence-corrected chi connectivity index (χ1v) is 6.65. The monoisotopic (exact) mass is 272 g/mol. The van der Waals surface area contributed by atoms with Gasteiger partial charge in [-0.05, 0) is 30.7 Å². The summed E-state index contributed by atoms with van der Waals surface area (Å²) in [5.41, 5.74) is 3.27. The average Bonchev–Trinajstić information content (AvgIpc) is 2.81. The van der Waals surface area contributed by atoms with Crippen LogP contribution in [0.3, 0.4) is 0 Å². The van der Waals surface area contributed by atoms with Crippen molar-refractivity contribution in [1.82, 2.24) is 0 Å². The molecule has 5 heteroatoms. The Morgan fingerprint density at radius 1 is 1.20 bits per heavy atom. The van der Waals surface area contributed by atoms with Crippen molar-refractivity contribution in [3.63, 3.8) is 0 Å². The first kappa shape index (κ1) is 12.9. The van der Waals surface area contributed by atoms with Gasteiger partial charge in [0.05, 0.1) is 24.5 Å². The molecule has 2 heterocycles. The van der Waals surface area contributed by atoms with Crippen LogP contribution < -0.4 is 4.90 Å². The van der Waals surface area contributed by atoms with E-state index in [1.54, 1.807) is 13.0 Å². The molecule has 1 fully saturated rings. The lowest BCUT2D eigenvalue weighted by Gasteiger charge is -2.28. The number of anilines is 1. The lowest BCUT2D eigenvalue weighted by molar-refractivity contribution is -0.136. The third-order valence-corrected chi connectivity index (χ3v) is 3.46. The van der Waals surface area contributed by atoms with Crippen molar-refractivity contribution >= 4 is 23.4 Å². The maximum atomic E-state index is 11.5. The Hall–Kier alpha value is -2.14. The summed E-state index contributed by atoms with van der Waals surface area (Å²) in [5, 5.41) is 3.66. The second-order valence-corrected chi connectivity index (χ2v) is 4.80. The number of nitrogens with zero attached hydrogens (tertiary/aromatic N) is 2. The van der Waals surface area contributed by atoms with Gasteiger partial charge in [-0.2, -0.15) is 0 Å². The Morgan fingerprint density at radius 3 is 2.50 bits per heavy atom. The Morgan fingerprint density at radius 2 is 1.90 bits per heavy atom. The highest BCUT2D eigenvalue weighted by Gasteiger charge is 2.21. The second-order valence-electron chi connectivity index (χ2n) is 4.80. The summed E-state index contributed by atoms with van der Waals surface area (Å²) in [7, 11) is 0. The zero-order valence-corrected chi connectivity index (χ0v) is 11.3. The van der Waals surface area contributed by atoms with E-state index in [2.05, 4.69) is 27.0 Å². The van der Waals surface area contributed by atoms with Crippen molar-refractivity contribution in [2.45, 2.75) is 6.92 Å². The smallest absolute Gasteiger partial charge is 0.367 e. The molecule has 1 saturated heterocycles. The minimum absolute atomic E-state index is 0.389. The van der Waals surface area contributed by atoms with Crippen molar-refractivity contribution in [3.8, 4) is 0 Å². The summed E-state index contributed by atoms with van der Waals surface area (Å²) >= 11 is 0. The normalized spacial score (nSPS) is 21.1. The number of carbonyl (C=O) groups excluding carboxylic acids is 1. The molecular weight excluding hydrogens is 256 g/mol. The molecule has 0 aliphatic carbocycles. The molecule has 0 unspecified atom stereocenters. The van der Waals surface area contributed by atoms with Crippen LogP contribution in [0.2, 0.25) is 0 Å². The van der Waals surface area contributed by atoms with Gasteiger partial charge in [-0.25, -0.2) is 4.79 Å². The molecule has 0 amide bonds. The standard InChI is InChI=1S/C15H16N2O3/c1-11-14(15(18)20-16-11)10-12-2-4-13(5-3-12)17-6-8-19-9-7-17/h2-5,10H,6-9H2,1H3/b14-10+. The number of rotatable bonds is 2. The van der Waals surface area contributed by atoms with Crippen molar-refractivity contribution in [3.05, 3.63) is 35.4 Å². The number of benzene rings is 1. The van der Waals surface area contributed by atoms with E-state index in [1.165, 1.54) is 5.69 Å². The van der Waals surface area contributed by atoms with Crippen LogP contribution in [0.1, 0.15) is 12.5 Å². The number of oxime groups is 1. The lowest BCUT2D eigenvalue weighted by atomic mass is 10.1. The molecule has 2 aliphatic rings. The summed E-state index contributed by atoms with van der Waals surface area (Å²) < 4.78 is 5.34. The number of ether oxygens (including phenoxy) is 1. The predicted molar refractivity (Wildman–Crippen MR) is 76.7 cm³/mol. The van der Waals surface area contributed by atoms with Crippen LogP contribution >= 0.6 is 0 Å². The molecule has 0 bridgehead atoms. The van der Waals surface area contributed by atoms with Gasteiger partial charge < -0.3 is 14.5 Å². The van der Waals surface area contributed by atoms with Crippen molar-refractivity contribution in [2.24, 2.45) is 5.16 Å². The summed E-state index contributed by atoms with van der Waals surface area (Å²) in [6.07, 6.45) is 1.80. The lowest BCUT2D eigenvalue weighted by Crippen LogP contribution is -2.36. The number of hydrogen-bond donors (Lipinski definition) is 0. The fourth-order valence-corrected chi connectivity index (χ4v) is 2.29. The van der Waals surface area contributed by atoms with Gasteiger partial charge in [0, 0.05) is 18.8 Å². The first-order chi connectivity index (χ1) is 9.74. The third-order valence-electron chi connectivity index (χ3n) is 3.46. The number of morpholine rings is 1. The minimum Gasteiger partial charge on any atom is -0.378 e. The Kier molecular flexibility index (Phi) is 3.52. The highest BCUT2D eigenvalue weighted by molar-refractivity contribution is 6.24. The molecule has 104 valence electrons. The number of hydrogen-bond acceptors (Lipinski definition) is 5. The zero-order chi connectivity index (χ0) is 13.9. The maximum Gasteiger partial charge on any atom is 0.367 e. The highest BCUT2D eigenvalue weighted by atomic mass is 16.7. The molecule has 0 radical (unpaired) electrons. The molecule has 0 N–H and O–H groups in total. The summed E-state index contributed by atoms with van der Waals surface area (Å²) in [4.78, 5) is 18.4. The van der Waals surface area contributed by atoms with Gasteiger partial charge in [0.25, 0.3) is 0 Å². The quantitative estimate of drug-likeness (QED) is 0.609. The van der Waals surface area contributed by atoms with E-state index in [9.17, 15) is 4.79 Å². The average molecular weight is 272 g/mol. The Bertz CT molecular complexity index is 569. The fraction of sp³-hybridized carbons (Fsp3) is 0.333. The second kappa shape index (κ2) is 5.46. The van der Waals surface area contributed by atoms with Crippen molar-refractivity contribution in [1.29, 1.82) is 0 Å². The molecule has 0 spiro atoms. The molecule has 20 heavy (non-hydrogen) atoms. The SMILES string of the molecule is CC1=NOC(=O)/C1=C/c1ccc(N2CCOCC2)cc1. The molecule has 1 aromatic carbocycles. The minimum atomic E-state index is -0.389. The Labute approximate surface area is 117 Å². The van der Waals surface area contributed by atoms with Gasteiger partial charge in [0.2, 0.25) is 0 Å². The van der Waals surface area contributed by atoms with Crippen LogP contribution in [-0.2, 0) is 14.4 Å². The summed E-state index contributed by atoms with van der Waals surface area (Å²) in [5.74, 6) is -0.389. The van der Waals surface area contributed by atoms with Gasteiger partial charge in [0.15, 0.2) is 0 Å². The zero-order valence-electron chi connectivity index (χ0n) is 11.3. The highest BCUT2D eigenvalue weighted by Crippen LogP contribution is 2.20. The molecule has 0 atom stereocenters. The van der Waals surface area contributed by atoms with Crippen LogP contribution in [0.5, 0.6) is 0 Å². The van der Waals surface area contributed by atoms with Gasteiger partial charge >= 0.3 is 5.97 Å². The largest absolute Gasteiger partial charge is 0.378 e. The van der Waals surface area contributed by atoms with E-state index in [4.69, 9.17) is 4.74 Å². The molecular formula is C15H16N2O3. The predicted octanol–water partition coefficient (Wildman–Crippen LogP) is 1.84. The van der Waals surface area contributed by atoms with E-state index in [0.717, 1.165) is 31.9 Å². The van der Waals surface area contributed by atoms with Crippen molar-refractivity contribution < 1.29 is 14.4 Å². The number of carbonyl (C=O) groups is 1. The van der Waals surface area contributed by atoms with Gasteiger partial charge in [-0.15, -0.1) is 0 Å². The van der Waals surface area contributed by atoms with Gasteiger partial charge in [-0.3, -0.25) is 0 Å². The van der Waals surface area contributed by atoms with Gasteiger partial charge in [0.1, 0.15) is 0 Å². The first-order valence-electron chi connectivity index (χ1n) is 6.65. The molecule has 0 saturated carbocycles.